The van der Waals surface area contributed by atoms with Crippen LogP contribution in [0.4, 0.5) is 0 Å². The minimum Gasteiger partial charge on any atom is -0.486 e. The molecule has 0 aromatic heterocycles. The summed E-state index contributed by atoms with van der Waals surface area (Å²) >= 11 is 0. The lowest BCUT2D eigenvalue weighted by atomic mass is 10.3. The maximum absolute atomic E-state index is 12.3. The monoisotopic (exact) mass is 341 g/mol. The van der Waals surface area contributed by atoms with Crippen molar-refractivity contribution in [3.8, 4) is 11.5 Å². The molecule has 0 saturated heterocycles. The molecule has 0 aliphatic carbocycles. The third kappa shape index (κ3) is 4.22. The van der Waals surface area contributed by atoms with E-state index >= 15 is 0 Å². The Morgan fingerprint density at radius 1 is 1.30 bits per heavy atom. The summed E-state index contributed by atoms with van der Waals surface area (Å²) in [6.45, 7) is 2.36. The molecule has 1 amide bonds. The number of fused-ring (bicyclic) bond motifs is 1. The molecule has 2 atom stereocenters. The summed E-state index contributed by atoms with van der Waals surface area (Å²) in [5.74, 6) is -0.150. The Balaban J connectivity index is 1.94. The van der Waals surface area contributed by atoms with E-state index in [9.17, 15) is 13.8 Å². The van der Waals surface area contributed by atoms with Crippen molar-refractivity contribution < 1.29 is 28.4 Å². The van der Waals surface area contributed by atoms with Crippen molar-refractivity contribution in [2.45, 2.75) is 24.3 Å². The molecule has 2 unspecified atom stereocenters. The fourth-order valence-corrected chi connectivity index (χ4v) is 3.08. The highest BCUT2D eigenvalue weighted by atomic mass is 32.2. The van der Waals surface area contributed by atoms with Gasteiger partial charge in [-0.15, -0.1) is 0 Å². The maximum atomic E-state index is 12.3. The molecule has 2 rings (SSSR count). The Morgan fingerprint density at radius 2 is 1.96 bits per heavy atom. The Morgan fingerprint density at radius 3 is 2.61 bits per heavy atom. The van der Waals surface area contributed by atoms with Gasteiger partial charge in [-0.05, 0) is 19.1 Å². The first-order chi connectivity index (χ1) is 10.9. The van der Waals surface area contributed by atoms with Crippen molar-refractivity contribution in [2.75, 3.05) is 26.0 Å². The maximum Gasteiger partial charge on any atom is 0.326 e. The molecular weight excluding hydrogens is 322 g/mol. The van der Waals surface area contributed by atoms with E-state index in [4.69, 9.17) is 14.6 Å². The number of hydrogen-bond donors (Lipinski definition) is 1. The average molecular weight is 341 g/mol. The molecule has 1 aliphatic rings. The first kappa shape index (κ1) is 17.3. The average Bonchev–Trinajstić information content (AvgIpc) is 2.57. The minimum absolute atomic E-state index is 0.00910. The molecule has 0 saturated carbocycles. The summed E-state index contributed by atoms with van der Waals surface area (Å²) in [6.07, 6.45) is 0.00910. The highest BCUT2D eigenvalue weighted by Gasteiger charge is 2.22. The number of carboxylic acids is 1. The molecule has 0 bridgehead atoms. The number of benzene rings is 1. The first-order valence-corrected chi connectivity index (χ1v) is 8.48. The van der Waals surface area contributed by atoms with Crippen LogP contribution in [0.25, 0.3) is 0 Å². The van der Waals surface area contributed by atoms with Crippen LogP contribution in [0.15, 0.2) is 23.1 Å². The third-order valence-corrected chi connectivity index (χ3v) is 4.96. The van der Waals surface area contributed by atoms with E-state index in [1.54, 1.807) is 18.2 Å². The minimum atomic E-state index is -1.37. The van der Waals surface area contributed by atoms with E-state index < -0.39 is 22.8 Å². The summed E-state index contributed by atoms with van der Waals surface area (Å²) in [4.78, 5) is 24.5. The first-order valence-electron chi connectivity index (χ1n) is 7.16. The van der Waals surface area contributed by atoms with Crippen molar-refractivity contribution in [2.24, 2.45) is 0 Å². The smallest absolute Gasteiger partial charge is 0.326 e. The topological polar surface area (TPSA) is 93.1 Å². The summed E-state index contributed by atoms with van der Waals surface area (Å²) in [5, 5.41) is 8.89. The van der Waals surface area contributed by atoms with Gasteiger partial charge in [-0.25, -0.2) is 4.79 Å². The zero-order valence-electron chi connectivity index (χ0n) is 13.0. The lowest BCUT2D eigenvalue weighted by Crippen LogP contribution is -2.40. The van der Waals surface area contributed by atoms with Gasteiger partial charge in [0.25, 0.3) is 0 Å². The normalized spacial score (nSPS) is 15.6. The fourth-order valence-electron chi connectivity index (χ4n) is 2.02. The number of carboxylic acid groups (broad SMARTS) is 1. The summed E-state index contributed by atoms with van der Waals surface area (Å²) in [6, 6.07) is 4.11. The van der Waals surface area contributed by atoms with Gasteiger partial charge in [0.1, 0.15) is 19.3 Å². The molecule has 1 heterocycles. The van der Waals surface area contributed by atoms with Gasteiger partial charge in [0, 0.05) is 30.2 Å². The highest BCUT2D eigenvalue weighted by molar-refractivity contribution is 7.85. The molecule has 0 fully saturated rings. The molecular formula is C15H19NO6S. The molecule has 8 heteroatoms. The standard InChI is InChI=1S/C15H19NO6S/c1-10(15(18)19)16(2)14(17)5-8-23(20)11-3-4-12-13(9-11)22-7-6-21-12/h3-4,9-10H,5-8H2,1-2H3,(H,18,19). The van der Waals surface area contributed by atoms with Crippen LogP contribution in [0.2, 0.25) is 0 Å². The Kier molecular flexibility index (Phi) is 5.59. The number of nitrogens with zero attached hydrogens (tertiary/aromatic N) is 1. The second-order valence-electron chi connectivity index (χ2n) is 5.12. The number of likely N-dealkylation sites (N-methyl/N-ethyl adjacent to an activating group) is 1. The van der Waals surface area contributed by atoms with Gasteiger partial charge >= 0.3 is 5.97 Å². The Labute approximate surface area is 136 Å². The van der Waals surface area contributed by atoms with Crippen LogP contribution >= 0.6 is 0 Å². The second-order valence-corrected chi connectivity index (χ2v) is 6.69. The SMILES string of the molecule is CC(C(=O)O)N(C)C(=O)CCS(=O)c1ccc2c(c1)OCCO2. The van der Waals surface area contributed by atoms with Gasteiger partial charge in [0.2, 0.25) is 5.91 Å². The van der Waals surface area contributed by atoms with E-state index in [0.717, 1.165) is 4.90 Å². The van der Waals surface area contributed by atoms with E-state index in [2.05, 4.69) is 0 Å². The van der Waals surface area contributed by atoms with E-state index in [0.29, 0.717) is 29.6 Å². The highest BCUT2D eigenvalue weighted by Crippen LogP contribution is 2.31. The molecule has 23 heavy (non-hydrogen) atoms. The predicted molar refractivity (Wildman–Crippen MR) is 83.2 cm³/mol. The van der Waals surface area contributed by atoms with Crippen molar-refractivity contribution in [1.29, 1.82) is 0 Å². The zero-order valence-corrected chi connectivity index (χ0v) is 13.8. The van der Waals surface area contributed by atoms with Crippen LogP contribution in [0.3, 0.4) is 0 Å². The van der Waals surface area contributed by atoms with E-state index in [-0.39, 0.29) is 18.1 Å². The molecule has 1 N–H and O–H groups in total. The summed E-state index contributed by atoms with van der Waals surface area (Å²) in [7, 11) is 0.0517. The lowest BCUT2D eigenvalue weighted by molar-refractivity contribution is -0.148. The van der Waals surface area contributed by atoms with Crippen molar-refractivity contribution in [3.63, 3.8) is 0 Å². The molecule has 1 aliphatic heterocycles. The Bertz CT molecular complexity index is 632. The third-order valence-electron chi connectivity index (χ3n) is 3.61. The second kappa shape index (κ2) is 7.45. The molecule has 1 aromatic carbocycles. The van der Waals surface area contributed by atoms with Gasteiger partial charge < -0.3 is 19.5 Å². The number of ether oxygens (including phenoxy) is 2. The molecule has 126 valence electrons. The number of carbonyl (C=O) groups is 2. The van der Waals surface area contributed by atoms with Gasteiger partial charge in [-0.2, -0.15) is 0 Å². The van der Waals surface area contributed by atoms with Crippen LogP contribution in [0, 0.1) is 0 Å². The fraction of sp³-hybridized carbons (Fsp3) is 0.467. The van der Waals surface area contributed by atoms with Crippen LogP contribution in [-0.2, 0) is 20.4 Å². The molecule has 1 aromatic rings. The lowest BCUT2D eigenvalue weighted by Gasteiger charge is -2.21. The Hall–Kier alpha value is -2.09. The van der Waals surface area contributed by atoms with Crippen LogP contribution < -0.4 is 9.47 Å². The quantitative estimate of drug-likeness (QED) is 0.826. The van der Waals surface area contributed by atoms with Crippen molar-refractivity contribution in [3.05, 3.63) is 18.2 Å². The summed E-state index contributed by atoms with van der Waals surface area (Å²) < 4.78 is 23.1. The molecule has 0 radical (unpaired) electrons. The molecule has 7 nitrogen and oxygen atoms in total. The molecule has 0 spiro atoms. The van der Waals surface area contributed by atoms with Crippen molar-refractivity contribution >= 4 is 22.7 Å². The number of carbonyl (C=O) groups excluding carboxylic acids is 1. The van der Waals surface area contributed by atoms with Crippen LogP contribution in [-0.4, -0.2) is 58.1 Å². The predicted octanol–water partition coefficient (Wildman–Crippen LogP) is 0.887. The van der Waals surface area contributed by atoms with E-state index in [1.807, 2.05) is 0 Å². The number of amides is 1. The van der Waals surface area contributed by atoms with Gasteiger partial charge in [0.05, 0.1) is 10.8 Å². The number of rotatable bonds is 6. The summed E-state index contributed by atoms with van der Waals surface area (Å²) in [5.41, 5.74) is 0. The largest absolute Gasteiger partial charge is 0.486 e. The number of hydrogen-bond acceptors (Lipinski definition) is 5. The van der Waals surface area contributed by atoms with Gasteiger partial charge in [0.15, 0.2) is 11.5 Å². The van der Waals surface area contributed by atoms with Crippen LogP contribution in [0.5, 0.6) is 11.5 Å². The van der Waals surface area contributed by atoms with Gasteiger partial charge in [-0.3, -0.25) is 9.00 Å². The number of aliphatic carboxylic acids is 1. The van der Waals surface area contributed by atoms with Gasteiger partial charge in [-0.1, -0.05) is 0 Å². The van der Waals surface area contributed by atoms with Crippen molar-refractivity contribution in [1.82, 2.24) is 4.90 Å². The van der Waals surface area contributed by atoms with Crippen LogP contribution in [0.1, 0.15) is 13.3 Å². The zero-order chi connectivity index (χ0) is 17.0. The van der Waals surface area contributed by atoms with E-state index in [1.165, 1.54) is 14.0 Å².